The molecule has 3 N–H and O–H groups in total. The number of aromatic nitrogens is 2. The molecule has 1 aromatic carbocycles. The van der Waals surface area contributed by atoms with E-state index in [4.69, 9.17) is 16.3 Å². The lowest BCUT2D eigenvalue weighted by atomic mass is 9.92. The molecule has 0 saturated carbocycles. The highest BCUT2D eigenvalue weighted by atomic mass is 35.5. The molecule has 0 radical (unpaired) electrons. The van der Waals surface area contributed by atoms with Crippen molar-refractivity contribution in [2.45, 2.75) is 44.4 Å². The highest BCUT2D eigenvalue weighted by molar-refractivity contribution is 7.90. The third-order valence-electron chi connectivity index (χ3n) is 4.40. The van der Waals surface area contributed by atoms with Crippen LogP contribution in [0.5, 0.6) is 0 Å². The summed E-state index contributed by atoms with van der Waals surface area (Å²) in [6.07, 6.45) is 2.25. The molecule has 31 heavy (non-hydrogen) atoms. The van der Waals surface area contributed by atoms with Gasteiger partial charge in [-0.1, -0.05) is 39.3 Å². The lowest BCUT2D eigenvalue weighted by molar-refractivity contribution is 0.210. The Bertz CT molecular complexity index is 982. The molecule has 0 unspecified atom stereocenters. The van der Waals surface area contributed by atoms with E-state index < -0.39 is 16.1 Å². The molecule has 9 nitrogen and oxygen atoms in total. The monoisotopic (exact) mass is 469 g/mol. The zero-order valence-corrected chi connectivity index (χ0v) is 19.8. The Morgan fingerprint density at radius 3 is 2.13 bits per heavy atom. The summed E-state index contributed by atoms with van der Waals surface area (Å²) < 4.78 is 32.1. The minimum absolute atomic E-state index is 0.0645. The maximum Gasteiger partial charge on any atom is 0.333 e. The van der Waals surface area contributed by atoms with Gasteiger partial charge in [0.2, 0.25) is 5.95 Å². The van der Waals surface area contributed by atoms with Gasteiger partial charge in [0.1, 0.15) is 4.90 Å². The Kier molecular flexibility index (Phi) is 8.60. The summed E-state index contributed by atoms with van der Waals surface area (Å²) in [5.74, 6) is 0.383. The number of urea groups is 1. The van der Waals surface area contributed by atoms with Crippen LogP contribution in [0.3, 0.4) is 0 Å². The third-order valence-corrected chi connectivity index (χ3v) is 5.91. The SMILES string of the molecule is COCCNc1ncc(S(=O)(=O)NC(=O)Nc2c(C(C)C)cc(Cl)cc2C(C)C)cn1. The summed E-state index contributed by atoms with van der Waals surface area (Å²) in [4.78, 5) is 20.2. The molecule has 0 aliphatic carbocycles. The van der Waals surface area contributed by atoms with Crippen molar-refractivity contribution in [1.82, 2.24) is 14.7 Å². The topological polar surface area (TPSA) is 122 Å². The normalized spacial score (nSPS) is 11.6. The van der Waals surface area contributed by atoms with E-state index in [1.807, 2.05) is 32.4 Å². The van der Waals surface area contributed by atoms with Crippen molar-refractivity contribution in [1.29, 1.82) is 0 Å². The molecule has 2 aromatic rings. The number of ether oxygens (including phenoxy) is 1. The summed E-state index contributed by atoms with van der Waals surface area (Å²) in [6.45, 7) is 8.79. The summed E-state index contributed by atoms with van der Waals surface area (Å²) in [7, 11) is -2.60. The van der Waals surface area contributed by atoms with E-state index >= 15 is 0 Å². The van der Waals surface area contributed by atoms with E-state index in [2.05, 4.69) is 20.6 Å². The van der Waals surface area contributed by atoms with E-state index in [0.717, 1.165) is 23.5 Å². The minimum atomic E-state index is -4.16. The molecule has 0 bridgehead atoms. The van der Waals surface area contributed by atoms with Gasteiger partial charge in [0, 0.05) is 24.4 Å². The molecule has 1 aromatic heterocycles. The number of anilines is 2. The zero-order chi connectivity index (χ0) is 23.2. The number of carbonyl (C=O) groups excluding carboxylic acids is 1. The van der Waals surface area contributed by atoms with Crippen molar-refractivity contribution in [2.75, 3.05) is 30.9 Å². The Labute approximate surface area is 188 Å². The predicted molar refractivity (Wildman–Crippen MR) is 121 cm³/mol. The molecule has 0 aliphatic heterocycles. The standard InChI is InChI=1S/C20H28ClN5O4S/c1-12(2)16-8-14(21)9-17(13(3)4)18(16)25-20(27)26-31(28,29)15-10-23-19(24-11-15)22-6-7-30-5/h8-13H,6-7H2,1-5H3,(H,22,23,24)(H2,25,26,27). The van der Waals surface area contributed by atoms with Crippen molar-refractivity contribution in [2.24, 2.45) is 0 Å². The number of methoxy groups -OCH3 is 1. The summed E-state index contributed by atoms with van der Waals surface area (Å²) in [5, 5.41) is 6.13. The number of rotatable bonds is 9. The van der Waals surface area contributed by atoms with Crippen LogP contribution in [-0.4, -0.2) is 44.7 Å². The van der Waals surface area contributed by atoms with Gasteiger partial charge in [0.15, 0.2) is 0 Å². The Hall–Kier alpha value is -2.43. The summed E-state index contributed by atoms with van der Waals surface area (Å²) in [6, 6.07) is 2.66. The van der Waals surface area contributed by atoms with Gasteiger partial charge in [0.05, 0.1) is 19.0 Å². The van der Waals surface area contributed by atoms with Crippen LogP contribution in [0.25, 0.3) is 0 Å². The molecule has 0 saturated heterocycles. The molecule has 0 spiro atoms. The van der Waals surface area contributed by atoms with Crippen LogP contribution >= 0.6 is 11.6 Å². The fraction of sp³-hybridized carbons (Fsp3) is 0.450. The fourth-order valence-corrected chi connectivity index (χ4v) is 3.87. The number of halogens is 1. The van der Waals surface area contributed by atoms with Crippen LogP contribution in [0.1, 0.15) is 50.7 Å². The number of carbonyl (C=O) groups is 1. The van der Waals surface area contributed by atoms with Gasteiger partial charge in [0.25, 0.3) is 10.0 Å². The first-order chi connectivity index (χ1) is 14.5. The maximum atomic E-state index is 12.6. The maximum absolute atomic E-state index is 12.6. The number of sulfonamides is 1. The molecule has 0 atom stereocenters. The number of nitrogens with one attached hydrogen (secondary N) is 3. The second kappa shape index (κ2) is 10.7. The second-order valence-corrected chi connectivity index (χ2v) is 9.61. The van der Waals surface area contributed by atoms with Gasteiger partial charge in [-0.15, -0.1) is 0 Å². The Morgan fingerprint density at radius 2 is 1.65 bits per heavy atom. The third kappa shape index (κ3) is 6.78. The van der Waals surface area contributed by atoms with Gasteiger partial charge in [-0.3, -0.25) is 0 Å². The average Bonchev–Trinajstić information content (AvgIpc) is 2.68. The van der Waals surface area contributed by atoms with Crippen LogP contribution in [-0.2, 0) is 14.8 Å². The Morgan fingerprint density at radius 1 is 1.10 bits per heavy atom. The van der Waals surface area contributed by atoms with Crippen LogP contribution in [0.4, 0.5) is 16.4 Å². The van der Waals surface area contributed by atoms with E-state index in [1.54, 1.807) is 19.2 Å². The number of nitrogens with zero attached hydrogens (tertiary/aromatic N) is 2. The van der Waals surface area contributed by atoms with Crippen LogP contribution < -0.4 is 15.4 Å². The van der Waals surface area contributed by atoms with Crippen molar-refractivity contribution >= 4 is 39.3 Å². The smallest absolute Gasteiger partial charge is 0.333 e. The van der Waals surface area contributed by atoms with Gasteiger partial charge in [-0.25, -0.2) is 27.9 Å². The fourth-order valence-electron chi connectivity index (χ4n) is 2.84. The van der Waals surface area contributed by atoms with E-state index in [-0.39, 0.29) is 22.7 Å². The molecular formula is C20H28ClN5O4S. The number of amides is 2. The number of benzene rings is 1. The molecule has 0 fully saturated rings. The first kappa shape index (κ1) is 24.8. The molecule has 0 aliphatic rings. The average molecular weight is 470 g/mol. The van der Waals surface area contributed by atoms with E-state index in [9.17, 15) is 13.2 Å². The molecular weight excluding hydrogens is 442 g/mol. The molecule has 170 valence electrons. The van der Waals surface area contributed by atoms with Crippen molar-refractivity contribution < 1.29 is 17.9 Å². The molecule has 11 heteroatoms. The summed E-state index contributed by atoms with van der Waals surface area (Å²) >= 11 is 6.24. The molecule has 2 amide bonds. The van der Waals surface area contributed by atoms with E-state index in [1.165, 1.54) is 0 Å². The highest BCUT2D eigenvalue weighted by Crippen LogP contribution is 2.35. The number of hydrogen-bond donors (Lipinski definition) is 3. The highest BCUT2D eigenvalue weighted by Gasteiger charge is 2.22. The van der Waals surface area contributed by atoms with Crippen molar-refractivity contribution in [3.63, 3.8) is 0 Å². The van der Waals surface area contributed by atoms with Gasteiger partial charge in [-0.05, 0) is 35.1 Å². The van der Waals surface area contributed by atoms with Gasteiger partial charge >= 0.3 is 6.03 Å². The first-order valence-electron chi connectivity index (χ1n) is 9.77. The number of hydrogen-bond acceptors (Lipinski definition) is 7. The summed E-state index contributed by atoms with van der Waals surface area (Å²) in [5.41, 5.74) is 2.19. The quantitative estimate of drug-likeness (QED) is 0.475. The predicted octanol–water partition coefficient (Wildman–Crippen LogP) is 3.95. The van der Waals surface area contributed by atoms with Gasteiger partial charge < -0.3 is 15.4 Å². The minimum Gasteiger partial charge on any atom is -0.383 e. The second-order valence-electron chi connectivity index (χ2n) is 7.49. The lowest BCUT2D eigenvalue weighted by Crippen LogP contribution is -2.35. The van der Waals surface area contributed by atoms with Crippen molar-refractivity contribution in [3.8, 4) is 0 Å². The Balaban J connectivity index is 2.20. The lowest BCUT2D eigenvalue weighted by Gasteiger charge is -2.21. The molecule has 1 heterocycles. The first-order valence-corrected chi connectivity index (χ1v) is 11.6. The van der Waals surface area contributed by atoms with E-state index in [0.29, 0.717) is 23.9 Å². The van der Waals surface area contributed by atoms with Crippen LogP contribution in [0, 0.1) is 0 Å². The van der Waals surface area contributed by atoms with Crippen LogP contribution in [0.15, 0.2) is 29.4 Å². The van der Waals surface area contributed by atoms with Crippen LogP contribution in [0.2, 0.25) is 5.02 Å². The van der Waals surface area contributed by atoms with Crippen molar-refractivity contribution in [3.05, 3.63) is 40.7 Å². The zero-order valence-electron chi connectivity index (χ0n) is 18.2. The largest absolute Gasteiger partial charge is 0.383 e. The van der Waals surface area contributed by atoms with Gasteiger partial charge in [-0.2, -0.15) is 0 Å². The molecule has 2 rings (SSSR count).